The molecule has 0 spiro atoms. The molecular formula is C16H33N3. The third kappa shape index (κ3) is 4.44. The van der Waals surface area contributed by atoms with E-state index in [-0.39, 0.29) is 0 Å². The molecule has 0 bridgehead atoms. The van der Waals surface area contributed by atoms with Crippen LogP contribution in [0.4, 0.5) is 0 Å². The van der Waals surface area contributed by atoms with Gasteiger partial charge in [0.05, 0.1) is 0 Å². The summed E-state index contributed by atoms with van der Waals surface area (Å²) in [5.74, 6) is 0.904. The maximum absolute atomic E-state index is 2.70. The van der Waals surface area contributed by atoms with Crippen LogP contribution in [0.3, 0.4) is 0 Å². The van der Waals surface area contributed by atoms with Crippen molar-refractivity contribution in [2.75, 3.05) is 45.8 Å². The molecule has 112 valence electrons. The van der Waals surface area contributed by atoms with E-state index in [9.17, 15) is 0 Å². The minimum atomic E-state index is 0.716. The quantitative estimate of drug-likeness (QED) is 0.772. The van der Waals surface area contributed by atoms with Crippen LogP contribution < -0.4 is 0 Å². The normalized spacial score (nSPS) is 28.4. The Morgan fingerprint density at radius 3 is 2.05 bits per heavy atom. The van der Waals surface area contributed by atoms with Crippen molar-refractivity contribution in [3.63, 3.8) is 0 Å². The van der Waals surface area contributed by atoms with Crippen molar-refractivity contribution >= 4 is 0 Å². The summed E-state index contributed by atoms with van der Waals surface area (Å²) >= 11 is 0. The molecule has 0 amide bonds. The molecule has 0 aromatic carbocycles. The second kappa shape index (κ2) is 7.05. The lowest BCUT2D eigenvalue weighted by Gasteiger charge is -2.41. The Bertz CT molecular complexity index is 257. The summed E-state index contributed by atoms with van der Waals surface area (Å²) in [7, 11) is 0. The number of nitrogens with zero attached hydrogens (tertiary/aromatic N) is 3. The molecule has 0 N–H and O–H groups in total. The summed E-state index contributed by atoms with van der Waals surface area (Å²) in [5, 5.41) is 0. The van der Waals surface area contributed by atoms with Crippen LogP contribution in [0.25, 0.3) is 0 Å². The van der Waals surface area contributed by atoms with Crippen LogP contribution in [-0.4, -0.2) is 72.6 Å². The summed E-state index contributed by atoms with van der Waals surface area (Å²) < 4.78 is 0. The molecular weight excluding hydrogens is 234 g/mol. The van der Waals surface area contributed by atoms with Crippen molar-refractivity contribution in [3.8, 4) is 0 Å². The van der Waals surface area contributed by atoms with E-state index in [1.165, 1.54) is 58.7 Å². The number of piperidine rings is 1. The van der Waals surface area contributed by atoms with Crippen LogP contribution >= 0.6 is 0 Å². The Balaban J connectivity index is 1.73. The molecule has 2 heterocycles. The fourth-order valence-corrected chi connectivity index (χ4v) is 3.54. The molecule has 1 atom stereocenters. The van der Waals surface area contributed by atoms with E-state index in [0.717, 1.165) is 12.0 Å². The highest BCUT2D eigenvalue weighted by molar-refractivity contribution is 4.80. The van der Waals surface area contributed by atoms with Gasteiger partial charge in [-0.1, -0.05) is 0 Å². The average molecular weight is 267 g/mol. The highest BCUT2D eigenvalue weighted by atomic mass is 15.3. The summed E-state index contributed by atoms with van der Waals surface area (Å²) in [6.45, 7) is 18.3. The van der Waals surface area contributed by atoms with E-state index < -0.39 is 0 Å². The van der Waals surface area contributed by atoms with Gasteiger partial charge in [-0.2, -0.15) is 0 Å². The lowest BCUT2D eigenvalue weighted by Crippen LogP contribution is -2.51. The first-order valence-corrected chi connectivity index (χ1v) is 8.26. The Morgan fingerprint density at radius 1 is 0.842 bits per heavy atom. The van der Waals surface area contributed by atoms with Crippen molar-refractivity contribution in [3.05, 3.63) is 0 Å². The van der Waals surface area contributed by atoms with Crippen LogP contribution in [0.1, 0.15) is 40.5 Å². The minimum absolute atomic E-state index is 0.716. The minimum Gasteiger partial charge on any atom is -0.301 e. The molecule has 2 rings (SSSR count). The van der Waals surface area contributed by atoms with Gasteiger partial charge in [0.1, 0.15) is 0 Å². The fourth-order valence-electron chi connectivity index (χ4n) is 3.54. The number of piperazine rings is 1. The van der Waals surface area contributed by atoms with E-state index in [1.807, 2.05) is 0 Å². The number of hydrogen-bond donors (Lipinski definition) is 0. The molecule has 3 nitrogen and oxygen atoms in total. The van der Waals surface area contributed by atoms with Crippen molar-refractivity contribution in [2.24, 2.45) is 5.92 Å². The smallest absolute Gasteiger partial charge is 0.0113 e. The van der Waals surface area contributed by atoms with Gasteiger partial charge < -0.3 is 9.80 Å². The zero-order valence-electron chi connectivity index (χ0n) is 13.4. The lowest BCUT2D eigenvalue weighted by atomic mass is 9.96. The van der Waals surface area contributed by atoms with Gasteiger partial charge in [-0.05, 0) is 53.0 Å². The topological polar surface area (TPSA) is 9.72 Å². The standard InChI is InChI=1S/C16H33N3/c1-14(2)18-10-8-17(9-11-18)12-16-6-5-7-19(13-16)15(3)4/h14-16H,5-13H2,1-4H3. The predicted molar refractivity (Wildman–Crippen MR) is 82.6 cm³/mol. The molecule has 0 aromatic rings. The van der Waals surface area contributed by atoms with Gasteiger partial charge >= 0.3 is 0 Å². The first-order chi connectivity index (χ1) is 9.06. The van der Waals surface area contributed by atoms with Gasteiger partial charge in [-0.25, -0.2) is 0 Å². The van der Waals surface area contributed by atoms with Crippen LogP contribution in [0.15, 0.2) is 0 Å². The maximum atomic E-state index is 2.70. The molecule has 0 radical (unpaired) electrons. The highest BCUT2D eigenvalue weighted by Gasteiger charge is 2.25. The highest BCUT2D eigenvalue weighted by Crippen LogP contribution is 2.20. The van der Waals surface area contributed by atoms with Crippen molar-refractivity contribution in [1.29, 1.82) is 0 Å². The monoisotopic (exact) mass is 267 g/mol. The average Bonchev–Trinajstić information content (AvgIpc) is 2.39. The molecule has 2 saturated heterocycles. The molecule has 2 fully saturated rings. The molecule has 0 saturated carbocycles. The molecule has 2 aliphatic rings. The van der Waals surface area contributed by atoms with Crippen molar-refractivity contribution < 1.29 is 0 Å². The number of likely N-dealkylation sites (tertiary alicyclic amines) is 1. The Hall–Kier alpha value is -0.120. The van der Waals surface area contributed by atoms with E-state index in [1.54, 1.807) is 0 Å². The van der Waals surface area contributed by atoms with E-state index in [0.29, 0.717) is 6.04 Å². The van der Waals surface area contributed by atoms with E-state index in [4.69, 9.17) is 0 Å². The van der Waals surface area contributed by atoms with Crippen molar-refractivity contribution in [1.82, 2.24) is 14.7 Å². The first kappa shape index (κ1) is 15.3. The number of hydrogen-bond acceptors (Lipinski definition) is 3. The summed E-state index contributed by atoms with van der Waals surface area (Å²) in [6.07, 6.45) is 2.84. The lowest BCUT2D eigenvalue weighted by molar-refractivity contribution is 0.0697. The Morgan fingerprint density at radius 2 is 1.47 bits per heavy atom. The Labute approximate surface area is 119 Å². The van der Waals surface area contributed by atoms with Gasteiger partial charge in [0.2, 0.25) is 0 Å². The third-order valence-electron chi connectivity index (χ3n) is 4.93. The second-order valence-corrected chi connectivity index (χ2v) is 7.03. The van der Waals surface area contributed by atoms with Crippen LogP contribution in [0.5, 0.6) is 0 Å². The maximum Gasteiger partial charge on any atom is 0.0113 e. The van der Waals surface area contributed by atoms with E-state index in [2.05, 4.69) is 42.4 Å². The number of rotatable bonds is 4. The van der Waals surface area contributed by atoms with E-state index >= 15 is 0 Å². The molecule has 1 unspecified atom stereocenters. The van der Waals surface area contributed by atoms with Gasteiger partial charge in [-0.15, -0.1) is 0 Å². The molecule has 3 heteroatoms. The fraction of sp³-hybridized carbons (Fsp3) is 1.00. The Kier molecular flexibility index (Phi) is 5.67. The van der Waals surface area contributed by atoms with Gasteiger partial charge in [0, 0.05) is 51.4 Å². The summed E-state index contributed by atoms with van der Waals surface area (Å²) in [4.78, 5) is 7.98. The molecule has 0 aliphatic carbocycles. The first-order valence-electron chi connectivity index (χ1n) is 8.26. The zero-order valence-corrected chi connectivity index (χ0v) is 13.4. The zero-order chi connectivity index (χ0) is 13.8. The SMILES string of the molecule is CC(C)N1CCN(CC2CCCN(C(C)C)C2)CC1. The molecule has 0 aromatic heterocycles. The van der Waals surface area contributed by atoms with Crippen LogP contribution in [-0.2, 0) is 0 Å². The molecule has 19 heavy (non-hydrogen) atoms. The van der Waals surface area contributed by atoms with Gasteiger partial charge in [-0.3, -0.25) is 4.90 Å². The largest absolute Gasteiger partial charge is 0.301 e. The predicted octanol–water partition coefficient (Wildman–Crippen LogP) is 2.13. The summed E-state index contributed by atoms with van der Waals surface area (Å²) in [5.41, 5.74) is 0. The third-order valence-corrected chi connectivity index (χ3v) is 4.93. The second-order valence-electron chi connectivity index (χ2n) is 7.03. The van der Waals surface area contributed by atoms with Crippen molar-refractivity contribution in [2.45, 2.75) is 52.6 Å². The molecule has 2 aliphatic heterocycles. The van der Waals surface area contributed by atoms with Gasteiger partial charge in [0.25, 0.3) is 0 Å². The van der Waals surface area contributed by atoms with Crippen LogP contribution in [0.2, 0.25) is 0 Å². The summed E-state index contributed by atoms with van der Waals surface area (Å²) in [6, 6.07) is 1.44. The van der Waals surface area contributed by atoms with Crippen LogP contribution in [0, 0.1) is 5.92 Å². The van der Waals surface area contributed by atoms with Gasteiger partial charge in [0.15, 0.2) is 0 Å².